The molecule has 0 spiro atoms. The first kappa shape index (κ1) is 11.3. The molecule has 80 valence electrons. The van der Waals surface area contributed by atoms with Gasteiger partial charge in [-0.25, -0.2) is 0 Å². The van der Waals surface area contributed by atoms with Crippen LogP contribution in [0.1, 0.15) is 19.4 Å². The second-order valence-electron chi connectivity index (χ2n) is 3.58. The van der Waals surface area contributed by atoms with Gasteiger partial charge in [0.05, 0.1) is 0 Å². The predicted molar refractivity (Wildman–Crippen MR) is 59.6 cm³/mol. The lowest BCUT2D eigenvalue weighted by Gasteiger charge is -1.98. The lowest BCUT2D eigenvalue weighted by Crippen LogP contribution is -2.82. The van der Waals surface area contributed by atoms with Crippen molar-refractivity contribution < 1.29 is 5.43 Å². The maximum Gasteiger partial charge on any atom is 0.179 e. The number of rotatable bonds is 3. The Balaban J connectivity index is 2.65. The molecule has 0 saturated heterocycles. The van der Waals surface area contributed by atoms with Crippen LogP contribution in [-0.4, -0.2) is 11.9 Å². The molecule has 5 heteroatoms. The van der Waals surface area contributed by atoms with E-state index in [1.807, 2.05) is 13.8 Å². The molecule has 0 saturated carbocycles. The third-order valence-corrected chi connectivity index (χ3v) is 1.68. The van der Waals surface area contributed by atoms with Gasteiger partial charge in [0.25, 0.3) is 0 Å². The van der Waals surface area contributed by atoms with Crippen LogP contribution in [-0.2, 0) is 0 Å². The number of nitrogens with zero attached hydrogens (tertiary/aromatic N) is 2. The molecule has 5 nitrogen and oxygen atoms in total. The van der Waals surface area contributed by atoms with Gasteiger partial charge < -0.3 is 5.73 Å². The van der Waals surface area contributed by atoms with Gasteiger partial charge in [0.1, 0.15) is 6.04 Å². The normalized spacial score (nSPS) is 11.1. The number of hydrogen-bond donors (Lipinski definition) is 3. The van der Waals surface area contributed by atoms with Crippen LogP contribution in [0.2, 0.25) is 0 Å². The average Bonchev–Trinajstić information content (AvgIpc) is 2.17. The van der Waals surface area contributed by atoms with E-state index in [9.17, 15) is 0 Å². The van der Waals surface area contributed by atoms with Crippen LogP contribution in [0.5, 0.6) is 0 Å². The van der Waals surface area contributed by atoms with Gasteiger partial charge in [-0.05, 0) is 26.0 Å². The fraction of sp³-hybridized carbons (Fsp3) is 0.300. The van der Waals surface area contributed by atoms with Crippen molar-refractivity contribution in [2.75, 3.05) is 5.73 Å². The number of hydrogen-bond acceptors (Lipinski definition) is 3. The number of amidine groups is 1. The number of nitrogen functional groups attached to an aromatic ring is 1. The van der Waals surface area contributed by atoms with Crippen molar-refractivity contribution in [3.63, 3.8) is 0 Å². The van der Waals surface area contributed by atoms with Crippen LogP contribution >= 0.6 is 0 Å². The van der Waals surface area contributed by atoms with Gasteiger partial charge in [0.2, 0.25) is 0 Å². The number of nitrogens with one attached hydrogen (secondary N) is 1. The highest BCUT2D eigenvalue weighted by Gasteiger charge is 2.00. The Bertz CT molecular complexity index is 370. The zero-order valence-electron chi connectivity index (χ0n) is 8.94. The topological polar surface area (TPSA) is 91.2 Å². The Morgan fingerprint density at radius 2 is 2.20 bits per heavy atom. The van der Waals surface area contributed by atoms with E-state index in [2.05, 4.69) is 10.3 Å². The molecule has 0 atom stereocenters. The molecule has 1 rings (SSSR count). The van der Waals surface area contributed by atoms with Gasteiger partial charge in [-0.1, -0.05) is 17.2 Å². The molecule has 0 aliphatic carbocycles. The van der Waals surface area contributed by atoms with Crippen LogP contribution in [0, 0.1) is 5.41 Å². The van der Waals surface area contributed by atoms with E-state index in [0.29, 0.717) is 17.3 Å². The average molecular weight is 206 g/mol. The van der Waals surface area contributed by atoms with Crippen molar-refractivity contribution in [2.24, 2.45) is 10.3 Å². The summed E-state index contributed by atoms with van der Waals surface area (Å²) in [5.41, 5.74) is 8.59. The molecule has 15 heavy (non-hydrogen) atoms. The van der Waals surface area contributed by atoms with Crippen molar-refractivity contribution in [2.45, 2.75) is 19.9 Å². The molecular formula is C10H16N5+. The largest absolute Gasteiger partial charge is 0.399 e. The molecule has 5 N–H and O–H groups in total. The van der Waals surface area contributed by atoms with Gasteiger partial charge in [0.15, 0.2) is 5.84 Å². The number of nitrogens with two attached hydrogens (primary N) is 2. The summed E-state index contributed by atoms with van der Waals surface area (Å²) in [5.74, 6) is 0.124. The van der Waals surface area contributed by atoms with Crippen molar-refractivity contribution in [1.82, 2.24) is 0 Å². The Kier molecular flexibility index (Phi) is 3.93. The summed E-state index contributed by atoms with van der Waals surface area (Å²) in [7, 11) is 0. The molecular weight excluding hydrogens is 190 g/mol. The molecule has 0 amide bonds. The van der Waals surface area contributed by atoms with Gasteiger partial charge in [-0.15, -0.1) is 0 Å². The third kappa shape index (κ3) is 3.86. The number of anilines is 1. The number of quaternary nitrogens is 1. The van der Waals surface area contributed by atoms with Gasteiger partial charge in [-0.3, -0.25) is 5.41 Å². The molecule has 1 aromatic rings. The van der Waals surface area contributed by atoms with E-state index in [1.165, 1.54) is 0 Å². The summed E-state index contributed by atoms with van der Waals surface area (Å²) in [6.45, 7) is 4.01. The molecule has 0 aliphatic rings. The highest BCUT2D eigenvalue weighted by atomic mass is 15.4. The van der Waals surface area contributed by atoms with Crippen LogP contribution in [0.25, 0.3) is 0 Å². The lowest BCUT2D eigenvalue weighted by atomic mass is 10.2. The lowest BCUT2D eigenvalue weighted by molar-refractivity contribution is -0.695. The summed E-state index contributed by atoms with van der Waals surface area (Å²) >= 11 is 0. The standard InChI is InChI=1S/C10H15N5/c1-7(2)13-15-14-10(12)8-4-3-5-9(11)6-8/h3-7H,11H2,1-2H3,(H2,12,13,14)/p+1. The molecule has 0 heterocycles. The van der Waals surface area contributed by atoms with Gasteiger partial charge in [-0.2, -0.15) is 5.43 Å². The quantitative estimate of drug-likeness (QED) is 0.168. The Hall–Kier alpha value is -1.75. The van der Waals surface area contributed by atoms with E-state index >= 15 is 0 Å². The minimum atomic E-state index is 0.124. The molecule has 1 aromatic carbocycles. The Morgan fingerprint density at radius 3 is 2.80 bits per heavy atom. The molecule has 0 fully saturated rings. The monoisotopic (exact) mass is 206 g/mol. The fourth-order valence-electron chi connectivity index (χ4n) is 0.968. The van der Waals surface area contributed by atoms with Crippen LogP contribution < -0.4 is 11.2 Å². The zero-order chi connectivity index (χ0) is 11.3. The molecule has 0 aromatic heterocycles. The molecule has 0 unspecified atom stereocenters. The second-order valence-corrected chi connectivity index (χ2v) is 3.58. The molecule has 0 aliphatic heterocycles. The van der Waals surface area contributed by atoms with Gasteiger partial charge >= 0.3 is 0 Å². The minimum Gasteiger partial charge on any atom is -0.399 e. The van der Waals surface area contributed by atoms with E-state index < -0.39 is 0 Å². The number of benzene rings is 1. The van der Waals surface area contributed by atoms with E-state index in [4.69, 9.17) is 11.1 Å². The summed E-state index contributed by atoms with van der Waals surface area (Å²) in [4.78, 5) is 0. The Labute approximate surface area is 88.9 Å². The maximum absolute atomic E-state index is 7.63. The zero-order valence-corrected chi connectivity index (χ0v) is 8.94. The first-order valence-electron chi connectivity index (χ1n) is 4.78. The van der Waals surface area contributed by atoms with Crippen molar-refractivity contribution in [1.29, 1.82) is 5.41 Å². The fourth-order valence-corrected chi connectivity index (χ4v) is 0.968. The van der Waals surface area contributed by atoms with Crippen LogP contribution in [0.4, 0.5) is 5.69 Å². The van der Waals surface area contributed by atoms with E-state index in [1.54, 1.807) is 29.7 Å². The first-order chi connectivity index (χ1) is 7.09. The Morgan fingerprint density at radius 1 is 1.47 bits per heavy atom. The molecule has 0 radical (unpaired) electrons. The second kappa shape index (κ2) is 5.21. The highest BCUT2D eigenvalue weighted by Crippen LogP contribution is 2.07. The summed E-state index contributed by atoms with van der Waals surface area (Å²) in [6.07, 6.45) is 0. The minimum absolute atomic E-state index is 0.124. The summed E-state index contributed by atoms with van der Waals surface area (Å²) in [5, 5.41) is 15.2. The smallest absolute Gasteiger partial charge is 0.179 e. The SMILES string of the molecule is CC(C)[NH2+]N=NC(=N)c1cccc(N)c1. The third-order valence-electron chi connectivity index (χ3n) is 1.68. The molecule has 0 bridgehead atoms. The van der Waals surface area contributed by atoms with Crippen LogP contribution in [0.3, 0.4) is 0 Å². The van der Waals surface area contributed by atoms with Crippen molar-refractivity contribution in [3.8, 4) is 0 Å². The maximum atomic E-state index is 7.63. The van der Waals surface area contributed by atoms with E-state index in [-0.39, 0.29) is 5.84 Å². The van der Waals surface area contributed by atoms with Gasteiger partial charge in [0, 0.05) is 16.5 Å². The predicted octanol–water partition coefficient (Wildman–Crippen LogP) is 0.933. The van der Waals surface area contributed by atoms with Crippen molar-refractivity contribution >= 4 is 11.5 Å². The highest BCUT2D eigenvalue weighted by molar-refractivity contribution is 5.97. The summed E-state index contributed by atoms with van der Waals surface area (Å²) < 4.78 is 0. The van der Waals surface area contributed by atoms with E-state index in [0.717, 1.165) is 0 Å². The first-order valence-corrected chi connectivity index (χ1v) is 4.78. The van der Waals surface area contributed by atoms with Crippen molar-refractivity contribution in [3.05, 3.63) is 29.8 Å². The summed E-state index contributed by atoms with van der Waals surface area (Å²) in [6, 6.07) is 7.39. The van der Waals surface area contributed by atoms with Crippen LogP contribution in [0.15, 0.2) is 34.6 Å².